The molecule has 196 valence electrons. The number of fused-ring (bicyclic) bond motifs is 6. The summed E-state index contributed by atoms with van der Waals surface area (Å²) in [6.07, 6.45) is -2.41. The van der Waals surface area contributed by atoms with Crippen molar-refractivity contribution in [2.75, 3.05) is 13.9 Å². The van der Waals surface area contributed by atoms with Crippen LogP contribution in [0.5, 0.6) is 23.0 Å². The summed E-state index contributed by atoms with van der Waals surface area (Å²) in [5.41, 5.74) is 0.0618. The molecule has 0 saturated carbocycles. The van der Waals surface area contributed by atoms with Crippen LogP contribution in [0.25, 0.3) is 32.9 Å². The summed E-state index contributed by atoms with van der Waals surface area (Å²) in [6, 6.07) is 1.69. The molecule has 0 fully saturated rings. The van der Waals surface area contributed by atoms with Crippen LogP contribution in [0.1, 0.15) is 59.3 Å². The van der Waals surface area contributed by atoms with Gasteiger partial charge in [0.2, 0.25) is 5.43 Å². The van der Waals surface area contributed by atoms with Crippen LogP contribution >= 0.6 is 0 Å². The van der Waals surface area contributed by atoms with Gasteiger partial charge >= 0.3 is 0 Å². The van der Waals surface area contributed by atoms with Crippen LogP contribution in [0.15, 0.2) is 20.1 Å². The number of benzene rings is 2. The molecule has 1 aliphatic heterocycles. The minimum Gasteiger partial charge on any atom is -0.506 e. The number of methoxy groups -OCH3 is 1. The second kappa shape index (κ2) is 7.73. The zero-order chi connectivity index (χ0) is 26.6. The van der Waals surface area contributed by atoms with E-state index in [0.29, 0.717) is 28.0 Å². The van der Waals surface area contributed by atoms with Gasteiger partial charge in [-0.05, 0) is 25.8 Å². The second-order valence-electron chi connectivity index (χ2n) is 9.92. The number of aliphatic hydroxyl groups excluding tert-OH is 2. The lowest BCUT2D eigenvalue weighted by Crippen LogP contribution is -2.26. The highest BCUT2D eigenvalue weighted by Crippen LogP contribution is 2.59. The minimum atomic E-state index is -1.19. The number of nitrogens with one attached hydrogen (secondary N) is 1. The summed E-state index contributed by atoms with van der Waals surface area (Å²) in [5.74, 6) is -0.535. The van der Waals surface area contributed by atoms with Crippen molar-refractivity contribution >= 4 is 21.7 Å². The van der Waals surface area contributed by atoms with Gasteiger partial charge in [-0.15, -0.1) is 0 Å². The molecule has 11 heteroatoms. The standard InChI is InChI=1S/C27H23NO10/c1-8-5-9-15(27(34)28-8)21(32)18-14-10(6-13-17(18)23(9)37-7-36-13)24(35-2)26-19(20(14)31)22(33)16-11(29)3-4-12(30)25(16)38-26/h5,11-13,29-32H,3-4,6-7H2,1-2H3,(H,28,34)/t11-,12-,13-/m0/s1. The Kier molecular flexibility index (Phi) is 4.70. The van der Waals surface area contributed by atoms with Crippen LogP contribution < -0.4 is 20.5 Å². The maximum Gasteiger partial charge on any atom is 0.259 e. The Morgan fingerprint density at radius 2 is 1.76 bits per heavy atom. The van der Waals surface area contributed by atoms with E-state index in [4.69, 9.17) is 18.6 Å². The largest absolute Gasteiger partial charge is 0.506 e. The Labute approximate surface area is 213 Å². The van der Waals surface area contributed by atoms with E-state index < -0.39 is 40.8 Å². The zero-order valence-electron chi connectivity index (χ0n) is 20.4. The van der Waals surface area contributed by atoms with Crippen molar-refractivity contribution in [2.24, 2.45) is 0 Å². The maximum atomic E-state index is 13.7. The van der Waals surface area contributed by atoms with Crippen molar-refractivity contribution in [3.63, 3.8) is 0 Å². The molecule has 0 unspecified atom stereocenters. The molecule has 2 aromatic carbocycles. The Morgan fingerprint density at radius 3 is 2.53 bits per heavy atom. The molecule has 3 atom stereocenters. The summed E-state index contributed by atoms with van der Waals surface area (Å²) < 4.78 is 23.4. The van der Waals surface area contributed by atoms with Crippen LogP contribution in [0.2, 0.25) is 0 Å². The first-order chi connectivity index (χ1) is 18.2. The maximum absolute atomic E-state index is 13.7. The number of ether oxygens (including phenoxy) is 3. The van der Waals surface area contributed by atoms with Gasteiger partial charge in [-0.1, -0.05) is 0 Å². The summed E-state index contributed by atoms with van der Waals surface area (Å²) in [7, 11) is 1.37. The Balaban J connectivity index is 1.69. The van der Waals surface area contributed by atoms with Crippen molar-refractivity contribution < 1.29 is 39.1 Å². The number of phenols is 2. The number of aromatic nitrogens is 1. The third-order valence-corrected chi connectivity index (χ3v) is 7.82. The van der Waals surface area contributed by atoms with Crippen molar-refractivity contribution in [1.29, 1.82) is 0 Å². The van der Waals surface area contributed by atoms with Crippen LogP contribution in [0, 0.1) is 6.92 Å². The molecule has 0 radical (unpaired) electrons. The summed E-state index contributed by atoms with van der Waals surface area (Å²) in [4.78, 5) is 29.3. The highest BCUT2D eigenvalue weighted by atomic mass is 16.7. The number of aliphatic hydroxyl groups is 2. The van der Waals surface area contributed by atoms with Gasteiger partial charge in [-0.2, -0.15) is 0 Å². The molecular formula is C27H23NO10. The summed E-state index contributed by atoms with van der Waals surface area (Å²) in [5, 5.41) is 44.3. The lowest BCUT2D eigenvalue weighted by molar-refractivity contribution is -0.0587. The van der Waals surface area contributed by atoms with Crippen molar-refractivity contribution in [3.8, 4) is 34.1 Å². The van der Waals surface area contributed by atoms with E-state index in [9.17, 15) is 30.0 Å². The molecule has 0 bridgehead atoms. The van der Waals surface area contributed by atoms with Gasteiger partial charge in [0, 0.05) is 39.8 Å². The van der Waals surface area contributed by atoms with Crippen LogP contribution in [-0.2, 0) is 11.2 Å². The molecular weight excluding hydrogens is 498 g/mol. The topological polar surface area (TPSA) is 172 Å². The number of hydrogen-bond acceptors (Lipinski definition) is 10. The Hall–Kier alpha value is -4.06. The Bertz CT molecular complexity index is 1840. The summed E-state index contributed by atoms with van der Waals surface area (Å²) >= 11 is 0. The van der Waals surface area contributed by atoms with Crippen molar-refractivity contribution in [3.05, 3.63) is 54.8 Å². The normalized spacial score (nSPS) is 21.5. The van der Waals surface area contributed by atoms with Crippen LogP contribution in [-0.4, -0.2) is 39.3 Å². The smallest absolute Gasteiger partial charge is 0.259 e. The number of aromatic hydroxyl groups is 2. The molecule has 4 aromatic rings. The zero-order valence-corrected chi connectivity index (χ0v) is 20.4. The van der Waals surface area contributed by atoms with E-state index in [-0.39, 0.29) is 70.6 Å². The first-order valence-electron chi connectivity index (χ1n) is 12.2. The molecule has 11 nitrogen and oxygen atoms in total. The molecule has 5 N–H and O–H groups in total. The number of rotatable bonds is 1. The van der Waals surface area contributed by atoms with E-state index in [1.807, 2.05) is 0 Å². The fourth-order valence-electron chi connectivity index (χ4n) is 6.23. The third kappa shape index (κ3) is 2.78. The number of H-pyrrole nitrogens is 1. The molecule has 2 aliphatic carbocycles. The number of aromatic amines is 1. The van der Waals surface area contributed by atoms with Gasteiger partial charge in [-0.25, -0.2) is 0 Å². The molecule has 3 aliphatic rings. The van der Waals surface area contributed by atoms with E-state index in [1.165, 1.54) is 7.11 Å². The summed E-state index contributed by atoms with van der Waals surface area (Å²) in [6.45, 7) is 1.61. The molecule has 38 heavy (non-hydrogen) atoms. The van der Waals surface area contributed by atoms with Gasteiger partial charge in [-0.3, -0.25) is 9.59 Å². The quantitative estimate of drug-likeness (QED) is 0.251. The van der Waals surface area contributed by atoms with Gasteiger partial charge < -0.3 is 44.0 Å². The lowest BCUT2D eigenvalue weighted by atomic mass is 9.78. The highest BCUT2D eigenvalue weighted by Gasteiger charge is 2.42. The van der Waals surface area contributed by atoms with Gasteiger partial charge in [0.05, 0.1) is 30.3 Å². The van der Waals surface area contributed by atoms with Crippen molar-refractivity contribution in [1.82, 2.24) is 4.98 Å². The first kappa shape index (κ1) is 23.1. The van der Waals surface area contributed by atoms with Crippen LogP contribution in [0.3, 0.4) is 0 Å². The predicted molar refractivity (Wildman–Crippen MR) is 133 cm³/mol. The number of aryl methyl sites for hydroxylation is 1. The monoisotopic (exact) mass is 521 g/mol. The van der Waals surface area contributed by atoms with Gasteiger partial charge in [0.25, 0.3) is 5.56 Å². The highest BCUT2D eigenvalue weighted by molar-refractivity contribution is 6.07. The van der Waals surface area contributed by atoms with Gasteiger partial charge in [0.15, 0.2) is 18.1 Å². The molecule has 0 saturated heterocycles. The molecule has 3 heterocycles. The van der Waals surface area contributed by atoms with E-state index in [2.05, 4.69) is 4.98 Å². The van der Waals surface area contributed by atoms with E-state index in [0.717, 1.165) is 0 Å². The molecule has 7 rings (SSSR count). The SMILES string of the molecule is COc1c2c(c(O)c3c(=O)c4c(oc13)[C@@H](O)CC[C@@H]4O)-c1c3c(c4cc(C)[nH]c(=O)c4c1O)OCO[C@H]3C2. The van der Waals surface area contributed by atoms with E-state index >= 15 is 0 Å². The second-order valence-corrected chi connectivity index (χ2v) is 9.92. The fraction of sp³-hybridized carbons (Fsp3) is 0.333. The third-order valence-electron chi connectivity index (χ3n) is 7.82. The number of hydrogen-bond donors (Lipinski definition) is 5. The first-order valence-corrected chi connectivity index (χ1v) is 12.2. The van der Waals surface area contributed by atoms with Crippen LogP contribution in [0.4, 0.5) is 0 Å². The average Bonchev–Trinajstić information content (AvgIpc) is 2.88. The molecule has 0 spiro atoms. The number of pyridine rings is 1. The molecule has 2 aromatic heterocycles. The molecule has 0 amide bonds. The number of phenolic OH excluding ortho intramolecular Hbond substituents is 2. The lowest BCUT2D eigenvalue weighted by Gasteiger charge is -2.35. The van der Waals surface area contributed by atoms with Crippen molar-refractivity contribution in [2.45, 2.75) is 44.5 Å². The minimum absolute atomic E-state index is 0.0349. The predicted octanol–water partition coefficient (Wildman–Crippen LogP) is 2.85. The van der Waals surface area contributed by atoms with E-state index in [1.54, 1.807) is 13.0 Å². The average molecular weight is 521 g/mol. The van der Waals surface area contributed by atoms with Gasteiger partial charge in [0.1, 0.15) is 34.5 Å². The fourth-order valence-corrected chi connectivity index (χ4v) is 6.23. The Morgan fingerprint density at radius 1 is 1.03 bits per heavy atom.